The van der Waals surface area contributed by atoms with Crippen LogP contribution in [0, 0.1) is 0 Å². The molecule has 0 fully saturated rings. The first-order valence-electron chi connectivity index (χ1n) is 15.9. The van der Waals surface area contributed by atoms with Gasteiger partial charge < -0.3 is 0 Å². The summed E-state index contributed by atoms with van der Waals surface area (Å²) >= 11 is 7.39. The third-order valence-corrected chi connectivity index (χ3v) is 10.7. The molecule has 0 saturated heterocycles. The molecule has 1 nitrogen and oxygen atoms in total. The summed E-state index contributed by atoms with van der Waals surface area (Å²) in [5.41, 5.74) is 11.3. The van der Waals surface area contributed by atoms with Gasteiger partial charge in [-0.25, -0.2) is 0 Å². The second kappa shape index (κ2) is 11.3. The van der Waals surface area contributed by atoms with Crippen molar-refractivity contribution in [2.75, 3.05) is 0 Å². The molecule has 0 amide bonds. The fourth-order valence-corrected chi connectivity index (χ4v) is 8.20. The van der Waals surface area contributed by atoms with Crippen LogP contribution in [0.25, 0.3) is 82.4 Å². The van der Waals surface area contributed by atoms with E-state index in [0.717, 1.165) is 85.9 Å². The highest BCUT2D eigenvalue weighted by Gasteiger charge is 2.31. The van der Waals surface area contributed by atoms with E-state index in [4.69, 9.17) is 0 Å². The lowest BCUT2D eigenvalue weighted by atomic mass is 9.74. The van der Waals surface area contributed by atoms with Crippen LogP contribution < -0.4 is 0 Å². The summed E-state index contributed by atoms with van der Waals surface area (Å²) in [4.78, 5) is 13.9. The zero-order chi connectivity index (χ0) is 32.5. The number of ketones is 1. The maximum atomic E-state index is 13.9. The molecule has 0 aromatic heterocycles. The molecule has 1 aliphatic rings. The summed E-state index contributed by atoms with van der Waals surface area (Å²) in [6.45, 7) is 4.31. The minimum Gasteiger partial charge on any atom is -0.289 e. The van der Waals surface area contributed by atoms with E-state index in [1.165, 1.54) is 5.39 Å². The van der Waals surface area contributed by atoms with Gasteiger partial charge in [-0.15, -0.1) is 0 Å². The number of Topliss-reactive ketones (excluding diaryl/α,β-unsaturated/α-hetero) is 1. The smallest absolute Gasteiger partial charge is 0.193 e. The van der Waals surface area contributed by atoms with Crippen molar-refractivity contribution in [2.24, 2.45) is 0 Å². The second-order valence-corrected chi connectivity index (χ2v) is 14.1. The van der Waals surface area contributed by atoms with Crippen molar-refractivity contribution in [2.45, 2.75) is 0 Å². The largest absolute Gasteiger partial charge is 0.289 e. The summed E-state index contributed by atoms with van der Waals surface area (Å²) in [5.74, 6) is -0.0101. The highest BCUT2D eigenvalue weighted by Crippen LogP contribution is 2.56. The average molecular weight is 743 g/mol. The number of carbonyl (C=O) groups is 1. The SMILES string of the molecule is C=C1C(=O)c2cccc3c2c2c1cccc2c1c(-c2ccccc2)c(-c2ccc(Br)cc2)c(-c2ccc(Br)cc2)c(-c2ccccc2)c31. The minimum absolute atomic E-state index is 0.0101. The molecule has 0 spiro atoms. The first-order valence-corrected chi connectivity index (χ1v) is 17.5. The molecule has 8 aromatic rings. The number of hydrogen-bond acceptors (Lipinski definition) is 1. The second-order valence-electron chi connectivity index (χ2n) is 12.3. The van der Waals surface area contributed by atoms with Gasteiger partial charge in [0.15, 0.2) is 5.78 Å². The van der Waals surface area contributed by atoms with Crippen LogP contribution in [0.5, 0.6) is 0 Å². The maximum Gasteiger partial charge on any atom is 0.193 e. The number of hydrogen-bond donors (Lipinski definition) is 0. The molecule has 0 atom stereocenters. The molecular weight excluding hydrogens is 716 g/mol. The maximum absolute atomic E-state index is 13.9. The average Bonchev–Trinajstić information content (AvgIpc) is 3.13. The van der Waals surface area contributed by atoms with Crippen molar-refractivity contribution in [1.82, 2.24) is 0 Å². The van der Waals surface area contributed by atoms with Gasteiger partial charge in [-0.05, 0) is 101 Å². The zero-order valence-electron chi connectivity index (χ0n) is 25.7. The number of fused-ring (bicyclic) bond motifs is 3. The van der Waals surface area contributed by atoms with Crippen LogP contribution >= 0.6 is 31.9 Å². The van der Waals surface area contributed by atoms with Crippen molar-refractivity contribution in [3.63, 3.8) is 0 Å². The van der Waals surface area contributed by atoms with Crippen molar-refractivity contribution in [1.29, 1.82) is 0 Å². The first-order chi connectivity index (χ1) is 23.5. The van der Waals surface area contributed by atoms with Crippen LogP contribution in [0.15, 0.2) is 161 Å². The Balaban J connectivity index is 1.68. The number of allylic oxidation sites excluding steroid dienone is 1. The van der Waals surface area contributed by atoms with Gasteiger partial charge in [-0.2, -0.15) is 0 Å². The zero-order valence-corrected chi connectivity index (χ0v) is 28.9. The van der Waals surface area contributed by atoms with Crippen molar-refractivity contribution in [3.05, 3.63) is 172 Å². The van der Waals surface area contributed by atoms with Gasteiger partial charge >= 0.3 is 0 Å². The normalized spacial score (nSPS) is 12.5. The van der Waals surface area contributed by atoms with E-state index in [1.54, 1.807) is 0 Å². The third-order valence-electron chi connectivity index (χ3n) is 9.65. The van der Waals surface area contributed by atoms with Gasteiger partial charge in [0, 0.05) is 25.5 Å². The Morgan fingerprint density at radius 1 is 0.375 bits per heavy atom. The number of rotatable bonds is 4. The van der Waals surface area contributed by atoms with E-state index in [1.807, 2.05) is 12.1 Å². The summed E-state index contributed by atoms with van der Waals surface area (Å²) < 4.78 is 2.05. The van der Waals surface area contributed by atoms with Crippen LogP contribution in [-0.2, 0) is 0 Å². The predicted molar refractivity (Wildman–Crippen MR) is 209 cm³/mol. The van der Waals surface area contributed by atoms with Crippen LogP contribution in [0.2, 0.25) is 0 Å². The Hall–Kier alpha value is -5.09. The molecule has 0 heterocycles. The standard InChI is InChI=1S/C45H26Br2O/c1-26-33-14-8-15-34-41(33)42-35(16-9-17-36(42)45(26)48)44-40(28-12-6-3-7-13-28)38(30-20-24-32(47)25-21-30)37(29-18-22-31(46)23-19-29)39(43(34)44)27-10-4-2-5-11-27/h2-25H,1H2. The number of benzene rings is 8. The highest BCUT2D eigenvalue weighted by atomic mass is 79.9. The molecule has 0 saturated carbocycles. The van der Waals surface area contributed by atoms with E-state index in [-0.39, 0.29) is 5.78 Å². The fraction of sp³-hybridized carbons (Fsp3) is 0. The topological polar surface area (TPSA) is 17.1 Å². The molecule has 8 aromatic carbocycles. The van der Waals surface area contributed by atoms with E-state index in [9.17, 15) is 4.79 Å². The van der Waals surface area contributed by atoms with Crippen molar-refractivity contribution in [3.8, 4) is 44.5 Å². The van der Waals surface area contributed by atoms with Crippen LogP contribution in [-0.4, -0.2) is 5.78 Å². The molecule has 0 radical (unpaired) electrons. The Morgan fingerprint density at radius 2 is 0.771 bits per heavy atom. The quantitative estimate of drug-likeness (QED) is 0.130. The number of carbonyl (C=O) groups excluding carboxylic acids is 1. The predicted octanol–water partition coefficient (Wildman–Crippen LogP) is 13.5. The molecule has 3 heteroatoms. The minimum atomic E-state index is -0.0101. The van der Waals surface area contributed by atoms with Crippen LogP contribution in [0.3, 0.4) is 0 Å². The molecule has 0 bridgehead atoms. The van der Waals surface area contributed by atoms with Crippen LogP contribution in [0.1, 0.15) is 15.9 Å². The Morgan fingerprint density at radius 3 is 1.23 bits per heavy atom. The molecule has 0 aliphatic heterocycles. The van der Waals surface area contributed by atoms with Crippen molar-refractivity contribution < 1.29 is 4.79 Å². The lowest BCUT2D eigenvalue weighted by Crippen LogP contribution is -2.09. The molecular formula is C45H26Br2O. The summed E-state index contributed by atoms with van der Waals surface area (Å²) in [7, 11) is 0. The van der Waals surface area contributed by atoms with Gasteiger partial charge in [-0.3, -0.25) is 4.79 Å². The Kier molecular flexibility index (Phi) is 6.82. The van der Waals surface area contributed by atoms with E-state index in [0.29, 0.717) is 11.1 Å². The molecule has 226 valence electrons. The van der Waals surface area contributed by atoms with Gasteiger partial charge in [0.1, 0.15) is 0 Å². The lowest BCUT2D eigenvalue weighted by molar-refractivity contribution is 0.105. The van der Waals surface area contributed by atoms with Gasteiger partial charge in [0.05, 0.1) is 0 Å². The van der Waals surface area contributed by atoms with Crippen molar-refractivity contribution >= 4 is 75.5 Å². The van der Waals surface area contributed by atoms with E-state index in [2.05, 4.69) is 172 Å². The van der Waals surface area contributed by atoms with Gasteiger partial charge in [0.2, 0.25) is 0 Å². The molecule has 9 rings (SSSR count). The number of halogens is 2. The summed E-state index contributed by atoms with van der Waals surface area (Å²) in [6, 6.07) is 51.3. The Labute approximate surface area is 295 Å². The third kappa shape index (κ3) is 4.31. The van der Waals surface area contributed by atoms with Gasteiger partial charge in [0.25, 0.3) is 0 Å². The van der Waals surface area contributed by atoms with Crippen LogP contribution in [0.4, 0.5) is 0 Å². The Bertz CT molecular complexity index is 2430. The monoisotopic (exact) mass is 740 g/mol. The molecule has 0 N–H and O–H groups in total. The lowest BCUT2D eigenvalue weighted by Gasteiger charge is -2.28. The van der Waals surface area contributed by atoms with Gasteiger partial charge in [-0.1, -0.05) is 160 Å². The molecule has 1 aliphatic carbocycles. The fourth-order valence-electron chi connectivity index (χ4n) is 7.67. The molecule has 0 unspecified atom stereocenters. The van der Waals surface area contributed by atoms with E-state index >= 15 is 0 Å². The molecule has 48 heavy (non-hydrogen) atoms. The first kappa shape index (κ1) is 29.1. The summed E-state index contributed by atoms with van der Waals surface area (Å²) in [6.07, 6.45) is 0. The highest BCUT2D eigenvalue weighted by molar-refractivity contribution is 9.10. The summed E-state index contributed by atoms with van der Waals surface area (Å²) in [5, 5.41) is 6.59. The van der Waals surface area contributed by atoms with E-state index < -0.39 is 0 Å².